The van der Waals surface area contributed by atoms with Gasteiger partial charge < -0.3 is 29.1 Å². The summed E-state index contributed by atoms with van der Waals surface area (Å²) >= 11 is 0. The number of carbonyl (C=O) groups is 2. The molecule has 0 saturated carbocycles. The van der Waals surface area contributed by atoms with Gasteiger partial charge in [-0.25, -0.2) is 0 Å². The summed E-state index contributed by atoms with van der Waals surface area (Å²) in [5.41, 5.74) is 2.91. The van der Waals surface area contributed by atoms with Gasteiger partial charge >= 0.3 is 0 Å². The van der Waals surface area contributed by atoms with Gasteiger partial charge in [-0.05, 0) is 81.9 Å². The molecule has 1 aliphatic heterocycles. The Morgan fingerprint density at radius 1 is 0.976 bits per heavy atom. The van der Waals surface area contributed by atoms with Crippen LogP contribution in [-0.4, -0.2) is 67.0 Å². The molecule has 3 aromatic carbocycles. The molecule has 1 heterocycles. The minimum absolute atomic E-state index is 0.00945. The van der Waals surface area contributed by atoms with Gasteiger partial charge in [-0.2, -0.15) is 0 Å². The van der Waals surface area contributed by atoms with Gasteiger partial charge in [0, 0.05) is 18.7 Å². The van der Waals surface area contributed by atoms with Crippen molar-refractivity contribution in [3.8, 4) is 17.2 Å². The van der Waals surface area contributed by atoms with Crippen molar-refractivity contribution >= 4 is 17.4 Å². The van der Waals surface area contributed by atoms with Crippen LogP contribution in [0.5, 0.6) is 17.2 Å². The fourth-order valence-corrected chi connectivity index (χ4v) is 4.81. The molecule has 0 radical (unpaired) electrons. The van der Waals surface area contributed by atoms with Gasteiger partial charge in [0.1, 0.15) is 18.1 Å². The minimum atomic E-state index is -0.807. The van der Waals surface area contributed by atoms with E-state index < -0.39 is 17.7 Å². The maximum Gasteiger partial charge on any atom is 0.295 e. The van der Waals surface area contributed by atoms with E-state index in [1.165, 1.54) is 4.90 Å². The van der Waals surface area contributed by atoms with Crippen molar-refractivity contribution in [2.24, 2.45) is 0 Å². The number of ketones is 1. The van der Waals surface area contributed by atoms with Crippen LogP contribution >= 0.6 is 0 Å². The van der Waals surface area contributed by atoms with Crippen LogP contribution in [0, 0.1) is 6.92 Å². The van der Waals surface area contributed by atoms with Gasteiger partial charge in [-0.1, -0.05) is 36.4 Å². The van der Waals surface area contributed by atoms with E-state index in [-0.39, 0.29) is 17.4 Å². The number of methoxy groups -OCH3 is 1. The zero-order chi connectivity index (χ0) is 29.7. The van der Waals surface area contributed by atoms with Crippen molar-refractivity contribution in [1.29, 1.82) is 0 Å². The number of ether oxygens (including phenoxy) is 3. The van der Waals surface area contributed by atoms with E-state index in [1.54, 1.807) is 43.5 Å². The normalized spacial score (nSPS) is 16.5. The molecule has 41 heavy (non-hydrogen) atoms. The number of aryl methyl sites for hydroxylation is 1. The lowest BCUT2D eigenvalue weighted by molar-refractivity contribution is -0.140. The van der Waals surface area contributed by atoms with Gasteiger partial charge in [-0.3, -0.25) is 9.59 Å². The van der Waals surface area contributed by atoms with E-state index in [9.17, 15) is 14.7 Å². The van der Waals surface area contributed by atoms with Gasteiger partial charge in [0.25, 0.3) is 11.7 Å². The molecule has 0 aliphatic carbocycles. The van der Waals surface area contributed by atoms with Crippen LogP contribution in [0.15, 0.2) is 72.3 Å². The van der Waals surface area contributed by atoms with Crippen LogP contribution < -0.4 is 14.2 Å². The molecule has 0 bridgehead atoms. The number of nitrogens with zero attached hydrogens (tertiary/aromatic N) is 2. The number of likely N-dealkylation sites (tertiary alicyclic amines) is 1. The zero-order valence-electron chi connectivity index (χ0n) is 24.5. The maximum atomic E-state index is 13.4. The predicted molar refractivity (Wildman–Crippen MR) is 158 cm³/mol. The molecule has 0 spiro atoms. The van der Waals surface area contributed by atoms with E-state index in [1.807, 2.05) is 70.1 Å². The lowest BCUT2D eigenvalue weighted by Gasteiger charge is -2.27. The van der Waals surface area contributed by atoms with E-state index >= 15 is 0 Å². The van der Waals surface area contributed by atoms with Gasteiger partial charge in [-0.15, -0.1) is 0 Å². The Morgan fingerprint density at radius 2 is 1.68 bits per heavy atom. The second-order valence-electron chi connectivity index (χ2n) is 10.6. The summed E-state index contributed by atoms with van der Waals surface area (Å²) in [6.07, 6.45) is -0.00945. The lowest BCUT2D eigenvalue weighted by Crippen LogP contribution is -2.35. The Bertz CT molecular complexity index is 1430. The fourth-order valence-electron chi connectivity index (χ4n) is 4.81. The summed E-state index contributed by atoms with van der Waals surface area (Å²) in [6.45, 7) is 6.95. The molecule has 216 valence electrons. The number of amides is 1. The van der Waals surface area contributed by atoms with Crippen molar-refractivity contribution in [3.05, 3.63) is 94.6 Å². The summed E-state index contributed by atoms with van der Waals surface area (Å²) in [7, 11) is 5.34. The van der Waals surface area contributed by atoms with Crippen molar-refractivity contribution in [2.75, 3.05) is 34.3 Å². The molecule has 1 aliphatic rings. The van der Waals surface area contributed by atoms with Crippen LogP contribution in [0.4, 0.5) is 0 Å². The molecular formula is C33H38N2O6. The van der Waals surface area contributed by atoms with Crippen LogP contribution in [0.1, 0.15) is 42.1 Å². The van der Waals surface area contributed by atoms with E-state index in [4.69, 9.17) is 14.2 Å². The molecule has 1 unspecified atom stereocenters. The third-order valence-electron chi connectivity index (χ3n) is 6.88. The largest absolute Gasteiger partial charge is 0.507 e. The number of Topliss-reactive ketones (excluding diaryl/α,β-unsaturated/α-hetero) is 1. The highest BCUT2D eigenvalue weighted by Crippen LogP contribution is 2.42. The summed E-state index contributed by atoms with van der Waals surface area (Å²) < 4.78 is 17.5. The first-order valence-electron chi connectivity index (χ1n) is 13.7. The Balaban J connectivity index is 1.76. The smallest absolute Gasteiger partial charge is 0.295 e. The summed E-state index contributed by atoms with van der Waals surface area (Å²) in [6, 6.07) is 19.5. The molecule has 1 atom stereocenters. The number of carbonyl (C=O) groups excluding carboxylic acids is 2. The highest BCUT2D eigenvalue weighted by molar-refractivity contribution is 6.46. The van der Waals surface area contributed by atoms with E-state index in [0.717, 1.165) is 11.1 Å². The third-order valence-corrected chi connectivity index (χ3v) is 6.88. The average Bonchev–Trinajstić information content (AvgIpc) is 3.20. The summed E-state index contributed by atoms with van der Waals surface area (Å²) in [5, 5.41) is 11.5. The Labute approximate surface area is 241 Å². The number of hydrogen-bond acceptors (Lipinski definition) is 7. The maximum absolute atomic E-state index is 13.4. The fraction of sp³-hybridized carbons (Fsp3) is 0.333. The second kappa shape index (κ2) is 12.9. The molecule has 1 amide bonds. The number of likely N-dealkylation sites (N-methyl/N-ethyl adjacent to an activating group) is 1. The summed E-state index contributed by atoms with van der Waals surface area (Å²) in [5.74, 6) is 0.0658. The van der Waals surface area contributed by atoms with Crippen LogP contribution in [-0.2, 0) is 16.2 Å². The Hall–Kier alpha value is -4.30. The van der Waals surface area contributed by atoms with Crippen molar-refractivity contribution in [3.63, 3.8) is 0 Å². The minimum Gasteiger partial charge on any atom is -0.507 e. The molecule has 0 aromatic heterocycles. The van der Waals surface area contributed by atoms with E-state index in [0.29, 0.717) is 48.1 Å². The summed E-state index contributed by atoms with van der Waals surface area (Å²) in [4.78, 5) is 30.2. The molecule has 1 N–H and O–H groups in total. The number of hydrogen-bond donors (Lipinski definition) is 1. The Kier molecular flexibility index (Phi) is 9.35. The molecular weight excluding hydrogens is 520 g/mol. The number of aliphatic hydroxyl groups excluding tert-OH is 1. The second-order valence-corrected chi connectivity index (χ2v) is 10.6. The first-order valence-corrected chi connectivity index (χ1v) is 13.7. The average molecular weight is 559 g/mol. The third kappa shape index (κ3) is 6.72. The van der Waals surface area contributed by atoms with Crippen molar-refractivity contribution in [2.45, 2.75) is 39.5 Å². The van der Waals surface area contributed by atoms with Crippen molar-refractivity contribution in [1.82, 2.24) is 9.80 Å². The molecule has 1 saturated heterocycles. The number of aliphatic hydroxyl groups is 1. The monoisotopic (exact) mass is 558 g/mol. The number of rotatable bonds is 11. The topological polar surface area (TPSA) is 88.5 Å². The predicted octanol–water partition coefficient (Wildman–Crippen LogP) is 5.35. The zero-order valence-corrected chi connectivity index (χ0v) is 24.5. The molecule has 1 fully saturated rings. The standard InChI is InChI=1S/C33H38N2O6/c1-21(2)41-26-14-13-25(18-22(26)3)31(36)29-30(35(17-16-34(4)5)33(38)32(29)37)24-12-15-27(28(19-24)39-6)40-20-23-10-8-7-9-11-23/h7-15,18-19,21,30,36H,16-17,20H2,1-6H3/b31-29+. The molecule has 4 rings (SSSR count). The van der Waals surface area contributed by atoms with Crippen LogP contribution in [0.2, 0.25) is 0 Å². The lowest BCUT2D eigenvalue weighted by atomic mass is 9.94. The Morgan fingerprint density at radius 3 is 2.32 bits per heavy atom. The van der Waals surface area contributed by atoms with Crippen LogP contribution in [0.3, 0.4) is 0 Å². The van der Waals surface area contributed by atoms with Gasteiger partial charge in [0.2, 0.25) is 0 Å². The van der Waals surface area contributed by atoms with Gasteiger partial charge in [0.05, 0.1) is 24.8 Å². The highest BCUT2D eigenvalue weighted by atomic mass is 16.5. The molecule has 8 heteroatoms. The van der Waals surface area contributed by atoms with Crippen LogP contribution in [0.25, 0.3) is 5.76 Å². The molecule has 8 nitrogen and oxygen atoms in total. The SMILES string of the molecule is COc1cc(C2/C(=C(\O)c3ccc(OC(C)C)c(C)c3)C(=O)C(=O)N2CCN(C)C)ccc1OCc1ccccc1. The highest BCUT2D eigenvalue weighted by Gasteiger charge is 2.46. The van der Waals surface area contributed by atoms with E-state index in [2.05, 4.69) is 0 Å². The molecule has 3 aromatic rings. The van der Waals surface area contributed by atoms with Crippen molar-refractivity contribution < 1.29 is 28.9 Å². The quantitative estimate of drug-likeness (QED) is 0.193. The first kappa shape index (κ1) is 29.7. The number of benzene rings is 3. The first-order chi connectivity index (χ1) is 19.6. The van der Waals surface area contributed by atoms with Gasteiger partial charge in [0.15, 0.2) is 11.5 Å².